The number of piperidine rings is 1. The molecule has 116 valence electrons. The number of hydrogen-bond donors (Lipinski definition) is 3. The molecule has 2 amide bonds. The van der Waals surface area contributed by atoms with E-state index in [-0.39, 0.29) is 18.0 Å². The van der Waals surface area contributed by atoms with Crippen LogP contribution in [0.5, 0.6) is 0 Å². The van der Waals surface area contributed by atoms with Gasteiger partial charge in [0.25, 0.3) is 0 Å². The summed E-state index contributed by atoms with van der Waals surface area (Å²) >= 11 is 0. The average molecular weight is 285 g/mol. The summed E-state index contributed by atoms with van der Waals surface area (Å²) < 4.78 is 0. The van der Waals surface area contributed by atoms with Gasteiger partial charge >= 0.3 is 12.0 Å². The smallest absolute Gasteiger partial charge is 0.326 e. The van der Waals surface area contributed by atoms with Gasteiger partial charge in [-0.1, -0.05) is 13.8 Å². The van der Waals surface area contributed by atoms with E-state index in [9.17, 15) is 14.7 Å². The van der Waals surface area contributed by atoms with Crippen molar-refractivity contribution in [2.45, 2.75) is 52.1 Å². The summed E-state index contributed by atoms with van der Waals surface area (Å²) in [5.41, 5.74) is 0. The maximum Gasteiger partial charge on any atom is 0.326 e. The van der Waals surface area contributed by atoms with Crippen molar-refractivity contribution in [3.8, 4) is 0 Å². The fourth-order valence-corrected chi connectivity index (χ4v) is 2.61. The maximum absolute atomic E-state index is 12.3. The van der Waals surface area contributed by atoms with Crippen LogP contribution in [0.2, 0.25) is 0 Å². The predicted molar refractivity (Wildman–Crippen MR) is 77.7 cm³/mol. The van der Waals surface area contributed by atoms with Gasteiger partial charge in [-0.3, -0.25) is 0 Å². The molecule has 1 unspecified atom stereocenters. The number of urea groups is 1. The fraction of sp³-hybridized carbons (Fsp3) is 0.857. The van der Waals surface area contributed by atoms with Gasteiger partial charge in [0.05, 0.1) is 0 Å². The Balaban J connectivity index is 2.62. The lowest BCUT2D eigenvalue weighted by atomic mass is 10.0. The lowest BCUT2D eigenvalue weighted by molar-refractivity contribution is -0.139. The first-order valence-electron chi connectivity index (χ1n) is 7.46. The van der Waals surface area contributed by atoms with Crippen molar-refractivity contribution >= 4 is 12.0 Å². The molecule has 1 heterocycles. The largest absolute Gasteiger partial charge is 0.480 e. The number of nitrogens with zero attached hydrogens (tertiary/aromatic N) is 1. The standard InChI is InChI=1S/C14H27N3O3/c1-4-17(11-5-7-15-8-6-11)14(20)16-12(13(18)19)9-10(2)3/h10-12,15H,4-9H2,1-3H3,(H,16,20)(H,18,19). The second kappa shape index (κ2) is 8.09. The Kier molecular flexibility index (Phi) is 6.78. The molecule has 6 heteroatoms. The highest BCUT2D eigenvalue weighted by molar-refractivity contribution is 5.82. The van der Waals surface area contributed by atoms with Gasteiger partial charge in [0.15, 0.2) is 0 Å². The van der Waals surface area contributed by atoms with Crippen molar-refractivity contribution in [3.05, 3.63) is 0 Å². The lowest BCUT2D eigenvalue weighted by Gasteiger charge is -2.34. The maximum atomic E-state index is 12.3. The molecule has 20 heavy (non-hydrogen) atoms. The molecule has 0 radical (unpaired) electrons. The average Bonchev–Trinajstić information content (AvgIpc) is 2.39. The van der Waals surface area contributed by atoms with Crippen LogP contribution in [0.4, 0.5) is 4.79 Å². The second-order valence-corrected chi connectivity index (χ2v) is 5.74. The number of carbonyl (C=O) groups is 2. The Bertz CT molecular complexity index is 328. The molecule has 0 aromatic rings. The molecule has 3 N–H and O–H groups in total. The third-order valence-electron chi connectivity index (χ3n) is 3.65. The topological polar surface area (TPSA) is 81.7 Å². The Morgan fingerprint density at radius 3 is 2.40 bits per heavy atom. The van der Waals surface area contributed by atoms with Crippen molar-refractivity contribution < 1.29 is 14.7 Å². The van der Waals surface area contributed by atoms with Gasteiger partial charge in [-0.25, -0.2) is 9.59 Å². The fourth-order valence-electron chi connectivity index (χ4n) is 2.61. The molecule has 6 nitrogen and oxygen atoms in total. The van der Waals surface area contributed by atoms with Crippen LogP contribution >= 0.6 is 0 Å². The zero-order chi connectivity index (χ0) is 15.1. The summed E-state index contributed by atoms with van der Waals surface area (Å²) in [6.45, 7) is 8.24. The van der Waals surface area contributed by atoms with Crippen LogP contribution in [-0.2, 0) is 4.79 Å². The molecule has 0 saturated carbocycles. The van der Waals surface area contributed by atoms with Crippen molar-refractivity contribution in [2.75, 3.05) is 19.6 Å². The summed E-state index contributed by atoms with van der Waals surface area (Å²) in [5, 5.41) is 15.1. The van der Waals surface area contributed by atoms with Crippen LogP contribution in [0.1, 0.15) is 40.0 Å². The van der Waals surface area contributed by atoms with E-state index in [1.807, 2.05) is 20.8 Å². The van der Waals surface area contributed by atoms with E-state index in [0.717, 1.165) is 25.9 Å². The number of amides is 2. The molecular weight excluding hydrogens is 258 g/mol. The Morgan fingerprint density at radius 2 is 1.95 bits per heavy atom. The zero-order valence-electron chi connectivity index (χ0n) is 12.7. The summed E-state index contributed by atoms with van der Waals surface area (Å²) in [5.74, 6) is -0.737. The molecule has 1 aliphatic rings. The number of carboxylic acid groups (broad SMARTS) is 1. The molecule has 0 aromatic carbocycles. The number of carbonyl (C=O) groups excluding carboxylic acids is 1. The third kappa shape index (κ3) is 5.00. The van der Waals surface area contributed by atoms with E-state index >= 15 is 0 Å². The molecule has 0 aromatic heterocycles. The van der Waals surface area contributed by atoms with Crippen molar-refractivity contribution in [2.24, 2.45) is 5.92 Å². The molecule has 1 aliphatic heterocycles. The Labute approximate surface area is 120 Å². The summed E-state index contributed by atoms with van der Waals surface area (Å²) in [4.78, 5) is 25.3. The first kappa shape index (κ1) is 16.8. The third-order valence-corrected chi connectivity index (χ3v) is 3.65. The summed E-state index contributed by atoms with van der Waals surface area (Å²) in [6.07, 6.45) is 2.29. The monoisotopic (exact) mass is 285 g/mol. The molecule has 0 bridgehead atoms. The minimum Gasteiger partial charge on any atom is -0.480 e. The highest BCUT2D eigenvalue weighted by Crippen LogP contribution is 2.13. The molecule has 1 atom stereocenters. The zero-order valence-corrected chi connectivity index (χ0v) is 12.7. The number of aliphatic carboxylic acids is 1. The van der Waals surface area contributed by atoms with Gasteiger partial charge in [0.1, 0.15) is 6.04 Å². The molecular formula is C14H27N3O3. The van der Waals surface area contributed by atoms with Crippen LogP contribution in [0, 0.1) is 5.92 Å². The molecule has 0 aliphatic carbocycles. The normalized spacial score (nSPS) is 17.8. The highest BCUT2D eigenvalue weighted by atomic mass is 16.4. The second-order valence-electron chi connectivity index (χ2n) is 5.74. The van der Waals surface area contributed by atoms with E-state index in [1.54, 1.807) is 4.90 Å². The van der Waals surface area contributed by atoms with Crippen molar-refractivity contribution in [1.82, 2.24) is 15.5 Å². The summed E-state index contributed by atoms with van der Waals surface area (Å²) in [7, 11) is 0. The van der Waals surface area contributed by atoms with Gasteiger partial charge in [0.2, 0.25) is 0 Å². The van der Waals surface area contributed by atoms with E-state index in [0.29, 0.717) is 13.0 Å². The number of nitrogens with one attached hydrogen (secondary N) is 2. The van der Waals surface area contributed by atoms with Crippen LogP contribution in [0.15, 0.2) is 0 Å². The van der Waals surface area contributed by atoms with Crippen molar-refractivity contribution in [1.29, 1.82) is 0 Å². The minimum atomic E-state index is -0.964. The van der Waals surface area contributed by atoms with E-state index in [1.165, 1.54) is 0 Å². The van der Waals surface area contributed by atoms with Gasteiger partial charge in [-0.05, 0) is 45.2 Å². The Morgan fingerprint density at radius 1 is 1.35 bits per heavy atom. The van der Waals surface area contributed by atoms with E-state index in [2.05, 4.69) is 10.6 Å². The molecule has 1 saturated heterocycles. The quantitative estimate of drug-likeness (QED) is 0.686. The lowest BCUT2D eigenvalue weighted by Crippen LogP contribution is -2.53. The number of hydrogen-bond acceptors (Lipinski definition) is 3. The van der Waals surface area contributed by atoms with Crippen molar-refractivity contribution in [3.63, 3.8) is 0 Å². The predicted octanol–water partition coefficient (Wildman–Crippen LogP) is 1.27. The molecule has 1 fully saturated rings. The Hall–Kier alpha value is -1.30. The first-order chi connectivity index (χ1) is 9.45. The van der Waals surface area contributed by atoms with Gasteiger partial charge in [-0.15, -0.1) is 0 Å². The SMILES string of the molecule is CCN(C(=O)NC(CC(C)C)C(=O)O)C1CCNCC1. The van der Waals surface area contributed by atoms with Gasteiger partial charge in [-0.2, -0.15) is 0 Å². The van der Waals surface area contributed by atoms with Crippen LogP contribution in [-0.4, -0.2) is 53.7 Å². The van der Waals surface area contributed by atoms with Crippen LogP contribution in [0.25, 0.3) is 0 Å². The first-order valence-corrected chi connectivity index (χ1v) is 7.46. The highest BCUT2D eigenvalue weighted by Gasteiger charge is 2.28. The van der Waals surface area contributed by atoms with Crippen LogP contribution < -0.4 is 10.6 Å². The van der Waals surface area contributed by atoms with Gasteiger partial charge in [0, 0.05) is 12.6 Å². The minimum absolute atomic E-state index is 0.203. The van der Waals surface area contributed by atoms with E-state index < -0.39 is 12.0 Å². The van der Waals surface area contributed by atoms with Gasteiger partial charge < -0.3 is 20.6 Å². The molecule has 0 spiro atoms. The number of rotatable bonds is 6. The molecule has 1 rings (SSSR count). The van der Waals surface area contributed by atoms with Crippen LogP contribution in [0.3, 0.4) is 0 Å². The van der Waals surface area contributed by atoms with E-state index in [4.69, 9.17) is 0 Å². The number of carboxylic acids is 1. The summed E-state index contributed by atoms with van der Waals surface area (Å²) in [6, 6.07) is -0.861.